The molecule has 0 amide bonds. The molecule has 0 aliphatic carbocycles. The van der Waals surface area contributed by atoms with Crippen LogP contribution in [0.4, 0.5) is 0 Å². The summed E-state index contributed by atoms with van der Waals surface area (Å²) < 4.78 is 0. The van der Waals surface area contributed by atoms with Crippen LogP contribution in [0.5, 0.6) is 11.5 Å². The third kappa shape index (κ3) is 7.54. The van der Waals surface area contributed by atoms with E-state index >= 15 is 0 Å². The van der Waals surface area contributed by atoms with Crippen LogP contribution in [0.25, 0.3) is 0 Å². The van der Waals surface area contributed by atoms with Crippen LogP contribution in [-0.4, -0.2) is 33.6 Å². The minimum Gasteiger partial charge on any atom is -0.507 e. The molecule has 214 valence electrons. The molecule has 0 atom stereocenters. The number of hydrogen-bond donors (Lipinski definition) is 4. The van der Waals surface area contributed by atoms with Crippen molar-refractivity contribution < 1.29 is 20.4 Å². The molecule has 0 aromatic heterocycles. The molecule has 0 unspecified atom stereocenters. The summed E-state index contributed by atoms with van der Waals surface area (Å²) in [5.74, 6) is 0.636. The number of aliphatic hydroxyl groups excluding tert-OH is 2. The van der Waals surface area contributed by atoms with Crippen molar-refractivity contribution in [1.82, 2.24) is 0 Å². The van der Waals surface area contributed by atoms with Crippen LogP contribution in [-0.2, 0) is 23.7 Å². The topological polar surface area (TPSA) is 80.9 Å². The van der Waals surface area contributed by atoms with E-state index in [1.54, 1.807) is 0 Å². The summed E-state index contributed by atoms with van der Waals surface area (Å²) in [4.78, 5) is 0. The molecule has 0 radical (unpaired) electrons. The van der Waals surface area contributed by atoms with Gasteiger partial charge in [-0.3, -0.25) is 0 Å². The lowest BCUT2D eigenvalue weighted by molar-refractivity contribution is 0.284. The predicted molar refractivity (Wildman–Crippen MR) is 160 cm³/mol. The molecule has 0 saturated heterocycles. The predicted octanol–water partition coefficient (Wildman–Crippen LogP) is 7.89. The van der Waals surface area contributed by atoms with E-state index in [1.807, 2.05) is 0 Å². The molecule has 4 heteroatoms. The Morgan fingerprint density at radius 2 is 1.00 bits per heavy atom. The van der Waals surface area contributed by atoms with E-state index in [0.717, 1.165) is 73.6 Å². The van der Waals surface area contributed by atoms with Crippen molar-refractivity contribution in [2.75, 3.05) is 13.2 Å². The first-order valence-corrected chi connectivity index (χ1v) is 14.8. The summed E-state index contributed by atoms with van der Waals surface area (Å²) in [5.41, 5.74) is 5.60. The van der Waals surface area contributed by atoms with Gasteiger partial charge in [0.05, 0.1) is 0 Å². The summed E-state index contributed by atoms with van der Waals surface area (Å²) in [6.45, 7) is 17.7. The normalized spacial score (nSPS) is 12.6. The summed E-state index contributed by atoms with van der Waals surface area (Å²) in [5, 5.41) is 42.3. The molecule has 2 aromatic rings. The molecule has 0 spiro atoms. The number of phenolic OH excluding ortho intramolecular Hbond substituents is 2. The quantitative estimate of drug-likeness (QED) is 0.178. The lowest BCUT2D eigenvalue weighted by Gasteiger charge is -2.32. The highest BCUT2D eigenvalue weighted by molar-refractivity contribution is 5.56. The van der Waals surface area contributed by atoms with Gasteiger partial charge in [0.2, 0.25) is 0 Å². The maximum Gasteiger partial charge on any atom is 0.123 e. The van der Waals surface area contributed by atoms with Gasteiger partial charge in [-0.25, -0.2) is 0 Å². The minimum absolute atomic E-state index is 0.141. The van der Waals surface area contributed by atoms with Crippen molar-refractivity contribution in [3.05, 3.63) is 57.6 Å². The highest BCUT2D eigenvalue weighted by atomic mass is 16.3. The first kappa shape index (κ1) is 32.2. The molecular formula is C34H54O4. The van der Waals surface area contributed by atoms with Crippen LogP contribution in [0.15, 0.2) is 24.3 Å². The zero-order chi connectivity index (χ0) is 28.7. The fraction of sp³-hybridized carbons (Fsp3) is 0.647. The SMILES string of the molecule is CCC(C)(C)c1cc(CCCCO)cc(C(c2cc(CCCCO)cc(C(C)(C)CC)c2O)C(C)C)c1O. The smallest absolute Gasteiger partial charge is 0.123 e. The average Bonchev–Trinajstić information content (AvgIpc) is 2.87. The van der Waals surface area contributed by atoms with E-state index < -0.39 is 0 Å². The van der Waals surface area contributed by atoms with E-state index in [9.17, 15) is 20.4 Å². The Balaban J connectivity index is 2.84. The van der Waals surface area contributed by atoms with Gasteiger partial charge in [-0.05, 0) is 79.2 Å². The van der Waals surface area contributed by atoms with Crippen molar-refractivity contribution in [1.29, 1.82) is 0 Å². The molecule has 4 N–H and O–H groups in total. The second-order valence-corrected chi connectivity index (χ2v) is 12.7. The summed E-state index contributed by atoms with van der Waals surface area (Å²) in [6, 6.07) is 8.56. The Hall–Kier alpha value is -2.04. The summed E-state index contributed by atoms with van der Waals surface area (Å²) in [7, 11) is 0. The van der Waals surface area contributed by atoms with Gasteiger partial charge < -0.3 is 20.4 Å². The number of aromatic hydroxyl groups is 2. The van der Waals surface area contributed by atoms with Gasteiger partial charge in [0.25, 0.3) is 0 Å². The largest absolute Gasteiger partial charge is 0.507 e. The maximum atomic E-state index is 11.8. The van der Waals surface area contributed by atoms with E-state index in [4.69, 9.17) is 0 Å². The van der Waals surface area contributed by atoms with E-state index in [0.29, 0.717) is 11.5 Å². The Bertz CT molecular complexity index is 956. The lowest BCUT2D eigenvalue weighted by atomic mass is 9.73. The van der Waals surface area contributed by atoms with Crippen molar-refractivity contribution in [2.24, 2.45) is 5.92 Å². The molecule has 0 aliphatic rings. The number of aryl methyl sites for hydroxylation is 2. The number of unbranched alkanes of at least 4 members (excludes halogenated alkanes) is 2. The van der Waals surface area contributed by atoms with Gasteiger partial charge in [-0.1, -0.05) is 79.7 Å². The van der Waals surface area contributed by atoms with Gasteiger partial charge >= 0.3 is 0 Å². The second kappa shape index (κ2) is 13.8. The third-order valence-corrected chi connectivity index (χ3v) is 8.71. The molecule has 0 heterocycles. The number of rotatable bonds is 15. The number of hydrogen-bond acceptors (Lipinski definition) is 4. The molecule has 4 nitrogen and oxygen atoms in total. The Morgan fingerprint density at radius 3 is 1.29 bits per heavy atom. The van der Waals surface area contributed by atoms with Crippen LogP contribution < -0.4 is 0 Å². The van der Waals surface area contributed by atoms with Crippen molar-refractivity contribution >= 4 is 0 Å². The highest BCUT2D eigenvalue weighted by Crippen LogP contribution is 2.48. The standard InChI is InChI=1S/C34H54O4/c1-9-33(5,6)28-21-24(15-11-13-17-35)19-26(31(28)37)30(23(3)4)27-20-25(16-12-14-18-36)22-29(32(27)38)34(7,8)10-2/h19-23,30,35-38H,9-18H2,1-8H3. The van der Waals surface area contributed by atoms with Gasteiger partial charge in [0.15, 0.2) is 0 Å². The van der Waals surface area contributed by atoms with Crippen LogP contribution >= 0.6 is 0 Å². The molecule has 2 aromatic carbocycles. The average molecular weight is 527 g/mol. The zero-order valence-electron chi connectivity index (χ0n) is 25.3. The number of phenols is 2. The lowest BCUT2D eigenvalue weighted by Crippen LogP contribution is -2.20. The van der Waals surface area contributed by atoms with E-state index in [-0.39, 0.29) is 35.9 Å². The minimum atomic E-state index is -0.198. The molecule has 0 fully saturated rings. The van der Waals surface area contributed by atoms with Crippen LogP contribution in [0.2, 0.25) is 0 Å². The first-order chi connectivity index (χ1) is 17.8. The van der Waals surface area contributed by atoms with Crippen LogP contribution in [0, 0.1) is 5.92 Å². The van der Waals surface area contributed by atoms with Gasteiger partial charge in [0.1, 0.15) is 11.5 Å². The van der Waals surface area contributed by atoms with E-state index in [1.165, 1.54) is 11.1 Å². The summed E-state index contributed by atoms with van der Waals surface area (Å²) in [6.07, 6.45) is 6.75. The fourth-order valence-corrected chi connectivity index (χ4v) is 5.38. The molecule has 0 saturated carbocycles. The molecule has 0 aliphatic heterocycles. The van der Waals surface area contributed by atoms with Crippen molar-refractivity contribution in [2.45, 2.75) is 124 Å². The van der Waals surface area contributed by atoms with Crippen molar-refractivity contribution in [3.63, 3.8) is 0 Å². The van der Waals surface area contributed by atoms with E-state index in [2.05, 4.69) is 79.7 Å². The number of benzene rings is 2. The number of aliphatic hydroxyl groups is 2. The molecular weight excluding hydrogens is 472 g/mol. The fourth-order valence-electron chi connectivity index (χ4n) is 5.38. The third-order valence-electron chi connectivity index (χ3n) is 8.71. The first-order valence-electron chi connectivity index (χ1n) is 14.8. The van der Waals surface area contributed by atoms with Crippen LogP contribution in [0.1, 0.15) is 133 Å². The maximum absolute atomic E-state index is 11.8. The second-order valence-electron chi connectivity index (χ2n) is 12.7. The Kier molecular flexibility index (Phi) is 11.7. The van der Waals surface area contributed by atoms with Gasteiger partial charge in [-0.2, -0.15) is 0 Å². The monoisotopic (exact) mass is 526 g/mol. The Morgan fingerprint density at radius 1 is 0.632 bits per heavy atom. The molecule has 0 bridgehead atoms. The summed E-state index contributed by atoms with van der Waals surface area (Å²) >= 11 is 0. The zero-order valence-corrected chi connectivity index (χ0v) is 25.3. The highest BCUT2D eigenvalue weighted by Gasteiger charge is 2.33. The van der Waals surface area contributed by atoms with Gasteiger partial charge in [0, 0.05) is 41.4 Å². The molecule has 38 heavy (non-hydrogen) atoms. The van der Waals surface area contributed by atoms with Crippen LogP contribution in [0.3, 0.4) is 0 Å². The molecule has 2 rings (SSSR count). The van der Waals surface area contributed by atoms with Gasteiger partial charge in [-0.15, -0.1) is 0 Å². The van der Waals surface area contributed by atoms with Crippen molar-refractivity contribution in [3.8, 4) is 11.5 Å². The Labute approximate surface area is 232 Å².